The summed E-state index contributed by atoms with van der Waals surface area (Å²) in [6.45, 7) is 7.88. The molecule has 0 N–H and O–H groups in total. The summed E-state index contributed by atoms with van der Waals surface area (Å²) in [5.41, 5.74) is 3.04. The van der Waals surface area contributed by atoms with E-state index in [2.05, 4.69) is 18.1 Å². The highest BCUT2D eigenvalue weighted by Crippen LogP contribution is 2.22. The van der Waals surface area contributed by atoms with E-state index >= 15 is 0 Å². The van der Waals surface area contributed by atoms with Crippen molar-refractivity contribution in [1.82, 2.24) is 9.78 Å². The van der Waals surface area contributed by atoms with Gasteiger partial charge in [-0.05, 0) is 62.1 Å². The van der Waals surface area contributed by atoms with Crippen LogP contribution in [0.3, 0.4) is 0 Å². The SMILES string of the molecule is CCCCc1c(C)nn(C(=O)C(C)Oc2ccc3ccccc3c2)c1C. The van der Waals surface area contributed by atoms with E-state index in [9.17, 15) is 4.79 Å². The van der Waals surface area contributed by atoms with Crippen LogP contribution in [0, 0.1) is 13.8 Å². The zero-order valence-electron chi connectivity index (χ0n) is 16.0. The van der Waals surface area contributed by atoms with Crippen LogP contribution in [0.5, 0.6) is 5.75 Å². The van der Waals surface area contributed by atoms with Gasteiger partial charge in [-0.3, -0.25) is 4.79 Å². The van der Waals surface area contributed by atoms with Crippen molar-refractivity contribution in [2.24, 2.45) is 0 Å². The molecule has 0 amide bonds. The standard InChI is InChI=1S/C22H26N2O2/c1-5-6-11-21-15(2)23-24(16(21)3)22(25)17(4)26-20-13-12-18-9-7-8-10-19(18)14-20/h7-10,12-14,17H,5-6,11H2,1-4H3. The molecule has 3 rings (SSSR count). The smallest absolute Gasteiger partial charge is 0.287 e. The molecule has 1 unspecified atom stereocenters. The van der Waals surface area contributed by atoms with E-state index in [0.29, 0.717) is 5.75 Å². The van der Waals surface area contributed by atoms with Crippen LogP contribution in [0.15, 0.2) is 42.5 Å². The van der Waals surface area contributed by atoms with Crippen molar-refractivity contribution < 1.29 is 9.53 Å². The summed E-state index contributed by atoms with van der Waals surface area (Å²) >= 11 is 0. The second-order valence-corrected chi connectivity index (χ2v) is 6.77. The average molecular weight is 350 g/mol. The molecule has 1 heterocycles. The lowest BCUT2D eigenvalue weighted by atomic mass is 10.1. The fraction of sp³-hybridized carbons (Fsp3) is 0.364. The van der Waals surface area contributed by atoms with Crippen molar-refractivity contribution in [3.05, 3.63) is 59.4 Å². The van der Waals surface area contributed by atoms with Crippen molar-refractivity contribution in [2.75, 3.05) is 0 Å². The molecule has 0 fully saturated rings. The fourth-order valence-electron chi connectivity index (χ4n) is 3.27. The Labute approximate surface area is 154 Å². The van der Waals surface area contributed by atoms with Gasteiger partial charge < -0.3 is 4.74 Å². The van der Waals surface area contributed by atoms with E-state index in [1.54, 1.807) is 6.92 Å². The topological polar surface area (TPSA) is 44.1 Å². The predicted octanol–water partition coefficient (Wildman–Crippen LogP) is 5.10. The molecule has 0 saturated carbocycles. The number of unbranched alkanes of at least 4 members (excludes halogenated alkanes) is 1. The highest BCUT2D eigenvalue weighted by molar-refractivity contribution is 5.85. The molecular weight excluding hydrogens is 324 g/mol. The average Bonchev–Trinajstić information content (AvgIpc) is 2.93. The van der Waals surface area contributed by atoms with Crippen LogP contribution in [-0.2, 0) is 6.42 Å². The molecule has 136 valence electrons. The van der Waals surface area contributed by atoms with Gasteiger partial charge in [0.25, 0.3) is 5.91 Å². The highest BCUT2D eigenvalue weighted by Gasteiger charge is 2.22. The van der Waals surface area contributed by atoms with Crippen molar-refractivity contribution in [3.8, 4) is 5.75 Å². The zero-order valence-corrected chi connectivity index (χ0v) is 16.0. The zero-order chi connectivity index (χ0) is 18.7. The van der Waals surface area contributed by atoms with Crippen LogP contribution in [-0.4, -0.2) is 21.8 Å². The summed E-state index contributed by atoms with van der Waals surface area (Å²) in [6, 6.07) is 14.0. The molecule has 0 bridgehead atoms. The third-order valence-corrected chi connectivity index (χ3v) is 4.81. The lowest BCUT2D eigenvalue weighted by Gasteiger charge is -2.15. The van der Waals surface area contributed by atoms with E-state index < -0.39 is 6.10 Å². The number of aromatic nitrogens is 2. The maximum absolute atomic E-state index is 12.8. The summed E-state index contributed by atoms with van der Waals surface area (Å²) in [5.74, 6) is 0.554. The van der Waals surface area contributed by atoms with Crippen LogP contribution in [0.25, 0.3) is 10.8 Å². The number of rotatable bonds is 6. The molecular formula is C22H26N2O2. The number of benzene rings is 2. The van der Waals surface area contributed by atoms with Crippen molar-refractivity contribution in [1.29, 1.82) is 0 Å². The predicted molar refractivity (Wildman–Crippen MR) is 105 cm³/mol. The van der Waals surface area contributed by atoms with Gasteiger partial charge in [-0.15, -0.1) is 0 Å². The lowest BCUT2D eigenvalue weighted by molar-refractivity contribution is 0.0707. The number of fused-ring (bicyclic) bond motifs is 1. The minimum absolute atomic E-state index is 0.137. The number of nitrogens with zero attached hydrogens (tertiary/aromatic N) is 2. The number of hydrogen-bond donors (Lipinski definition) is 0. The van der Waals surface area contributed by atoms with E-state index in [1.807, 2.05) is 50.2 Å². The molecule has 3 aromatic rings. The summed E-state index contributed by atoms with van der Waals surface area (Å²) in [7, 11) is 0. The largest absolute Gasteiger partial charge is 0.481 e. The van der Waals surface area contributed by atoms with Crippen molar-refractivity contribution in [3.63, 3.8) is 0 Å². The molecule has 0 aliphatic heterocycles. The Morgan fingerprint density at radius 1 is 1.15 bits per heavy atom. The first-order chi connectivity index (χ1) is 12.5. The molecule has 2 aromatic carbocycles. The van der Waals surface area contributed by atoms with Gasteiger partial charge >= 0.3 is 0 Å². The Morgan fingerprint density at radius 2 is 1.88 bits per heavy atom. The van der Waals surface area contributed by atoms with E-state index in [1.165, 1.54) is 10.2 Å². The number of carbonyl (C=O) groups excluding carboxylic acids is 1. The molecule has 0 radical (unpaired) electrons. The first kappa shape index (κ1) is 18.2. The van der Waals surface area contributed by atoms with Gasteiger partial charge in [-0.1, -0.05) is 43.7 Å². The first-order valence-electron chi connectivity index (χ1n) is 9.26. The molecule has 0 aliphatic rings. The van der Waals surface area contributed by atoms with Gasteiger partial charge in [-0.25, -0.2) is 4.68 Å². The maximum atomic E-state index is 12.8. The molecule has 1 atom stereocenters. The Kier molecular flexibility index (Phi) is 5.40. The van der Waals surface area contributed by atoms with Crippen LogP contribution < -0.4 is 4.74 Å². The van der Waals surface area contributed by atoms with Crippen LogP contribution >= 0.6 is 0 Å². The molecule has 4 heteroatoms. The van der Waals surface area contributed by atoms with Crippen molar-refractivity contribution >= 4 is 16.7 Å². The third kappa shape index (κ3) is 3.64. The minimum atomic E-state index is -0.604. The molecule has 1 aromatic heterocycles. The Hall–Kier alpha value is -2.62. The van der Waals surface area contributed by atoms with Crippen LogP contribution in [0.1, 0.15) is 48.4 Å². The normalized spacial score (nSPS) is 12.3. The number of hydrogen-bond acceptors (Lipinski definition) is 3. The third-order valence-electron chi connectivity index (χ3n) is 4.81. The summed E-state index contributed by atoms with van der Waals surface area (Å²) in [4.78, 5) is 12.8. The van der Waals surface area contributed by atoms with Gasteiger partial charge in [0, 0.05) is 5.69 Å². The summed E-state index contributed by atoms with van der Waals surface area (Å²) < 4.78 is 7.42. The molecule has 0 saturated heterocycles. The van der Waals surface area contributed by atoms with E-state index in [4.69, 9.17) is 4.74 Å². The van der Waals surface area contributed by atoms with Gasteiger partial charge in [0.1, 0.15) is 5.75 Å². The van der Waals surface area contributed by atoms with E-state index in [0.717, 1.165) is 41.4 Å². The fourth-order valence-corrected chi connectivity index (χ4v) is 3.27. The van der Waals surface area contributed by atoms with Gasteiger partial charge in [0.15, 0.2) is 6.10 Å². The number of ether oxygens (including phenoxy) is 1. The van der Waals surface area contributed by atoms with Crippen molar-refractivity contribution in [2.45, 2.75) is 53.1 Å². The summed E-state index contributed by atoms with van der Waals surface area (Å²) in [6.07, 6.45) is 2.58. The van der Waals surface area contributed by atoms with E-state index in [-0.39, 0.29) is 5.91 Å². The maximum Gasteiger partial charge on any atom is 0.287 e. The van der Waals surface area contributed by atoms with Gasteiger partial charge in [-0.2, -0.15) is 5.10 Å². The van der Waals surface area contributed by atoms with Gasteiger partial charge in [0.2, 0.25) is 0 Å². The molecule has 0 spiro atoms. The monoisotopic (exact) mass is 350 g/mol. The molecule has 0 aliphatic carbocycles. The highest BCUT2D eigenvalue weighted by atomic mass is 16.5. The quantitative estimate of drug-likeness (QED) is 0.621. The van der Waals surface area contributed by atoms with Gasteiger partial charge in [0.05, 0.1) is 5.69 Å². The molecule has 4 nitrogen and oxygen atoms in total. The Bertz CT molecular complexity index is 927. The van der Waals surface area contributed by atoms with Crippen LogP contribution in [0.4, 0.5) is 0 Å². The number of carbonyl (C=O) groups is 1. The minimum Gasteiger partial charge on any atom is -0.481 e. The first-order valence-corrected chi connectivity index (χ1v) is 9.26. The number of aryl methyl sites for hydroxylation is 1. The lowest BCUT2D eigenvalue weighted by Crippen LogP contribution is -2.30. The van der Waals surface area contributed by atoms with Crippen LogP contribution in [0.2, 0.25) is 0 Å². The second-order valence-electron chi connectivity index (χ2n) is 6.77. The summed E-state index contributed by atoms with van der Waals surface area (Å²) in [5, 5.41) is 6.71. The second kappa shape index (κ2) is 7.73. The molecule has 26 heavy (non-hydrogen) atoms. The Balaban J connectivity index is 1.78. The Morgan fingerprint density at radius 3 is 2.62 bits per heavy atom.